The summed E-state index contributed by atoms with van der Waals surface area (Å²) in [7, 11) is -3.41. The summed E-state index contributed by atoms with van der Waals surface area (Å²) in [6.07, 6.45) is 1.61. The number of aliphatic carboxylic acids is 1. The zero-order chi connectivity index (χ0) is 18.9. The molecule has 9 nitrogen and oxygen atoms in total. The van der Waals surface area contributed by atoms with E-state index in [1.807, 2.05) is 0 Å². The molecule has 1 aromatic heterocycles. The molecule has 0 spiro atoms. The van der Waals surface area contributed by atoms with Gasteiger partial charge in [-0.3, -0.25) is 9.52 Å². The van der Waals surface area contributed by atoms with Crippen molar-refractivity contribution in [1.29, 1.82) is 0 Å². The molecule has 10 heteroatoms. The highest BCUT2D eigenvalue weighted by Gasteiger charge is 2.36. The number of benzene rings is 1. The van der Waals surface area contributed by atoms with Gasteiger partial charge in [0.25, 0.3) is 5.91 Å². The SMILES string of the molecule is CCS(=O)(=O)Nc1ccc(C(=O)N2Cc3[nH]cnc3C[C@@H]2C(=O)O)cc1. The summed E-state index contributed by atoms with van der Waals surface area (Å²) < 4.78 is 25.6. The average molecular weight is 378 g/mol. The lowest BCUT2D eigenvalue weighted by atomic mass is 10.0. The lowest BCUT2D eigenvalue weighted by Crippen LogP contribution is -2.48. The second-order valence-corrected chi connectivity index (χ2v) is 7.91. The molecular weight excluding hydrogens is 360 g/mol. The highest BCUT2D eigenvalue weighted by atomic mass is 32.2. The number of anilines is 1. The van der Waals surface area contributed by atoms with Crippen molar-refractivity contribution in [2.45, 2.75) is 25.9 Å². The van der Waals surface area contributed by atoms with Crippen molar-refractivity contribution < 1.29 is 23.1 Å². The van der Waals surface area contributed by atoms with Gasteiger partial charge in [0, 0.05) is 17.7 Å². The van der Waals surface area contributed by atoms with Crippen LogP contribution in [0.4, 0.5) is 5.69 Å². The van der Waals surface area contributed by atoms with Crippen molar-refractivity contribution in [3.63, 3.8) is 0 Å². The van der Waals surface area contributed by atoms with Crippen LogP contribution in [-0.2, 0) is 27.8 Å². The number of sulfonamides is 1. The van der Waals surface area contributed by atoms with E-state index in [0.29, 0.717) is 17.1 Å². The van der Waals surface area contributed by atoms with E-state index in [2.05, 4.69) is 14.7 Å². The Morgan fingerprint density at radius 2 is 2.04 bits per heavy atom. The van der Waals surface area contributed by atoms with E-state index in [1.165, 1.54) is 42.4 Å². The summed E-state index contributed by atoms with van der Waals surface area (Å²) in [6, 6.07) is 4.88. The zero-order valence-electron chi connectivity index (χ0n) is 14.0. The molecule has 0 unspecified atom stereocenters. The topological polar surface area (TPSA) is 132 Å². The monoisotopic (exact) mass is 378 g/mol. The van der Waals surface area contributed by atoms with Gasteiger partial charge in [0.05, 0.1) is 30.0 Å². The molecule has 0 bridgehead atoms. The molecule has 0 saturated carbocycles. The summed E-state index contributed by atoms with van der Waals surface area (Å²) in [5.41, 5.74) is 1.97. The molecule has 0 saturated heterocycles. The number of nitrogens with zero attached hydrogens (tertiary/aromatic N) is 2. The van der Waals surface area contributed by atoms with Gasteiger partial charge in [-0.25, -0.2) is 18.2 Å². The van der Waals surface area contributed by atoms with Gasteiger partial charge in [-0.15, -0.1) is 0 Å². The van der Waals surface area contributed by atoms with Gasteiger partial charge < -0.3 is 15.0 Å². The third-order valence-corrected chi connectivity index (χ3v) is 5.54. The summed E-state index contributed by atoms with van der Waals surface area (Å²) in [4.78, 5) is 32.6. The van der Waals surface area contributed by atoms with Gasteiger partial charge in [-0.05, 0) is 31.2 Å². The molecule has 1 atom stereocenters. The van der Waals surface area contributed by atoms with Crippen molar-refractivity contribution in [2.75, 3.05) is 10.5 Å². The molecule has 1 aliphatic rings. The first-order valence-electron chi connectivity index (χ1n) is 7.96. The Balaban J connectivity index is 1.83. The van der Waals surface area contributed by atoms with Gasteiger partial charge in [-0.2, -0.15) is 0 Å². The van der Waals surface area contributed by atoms with E-state index < -0.39 is 27.9 Å². The average Bonchev–Trinajstić information content (AvgIpc) is 3.08. The fourth-order valence-corrected chi connectivity index (χ4v) is 3.41. The number of amides is 1. The number of carbonyl (C=O) groups is 2. The van der Waals surface area contributed by atoms with Crippen LogP contribution in [0.3, 0.4) is 0 Å². The maximum atomic E-state index is 12.8. The number of aromatic amines is 1. The van der Waals surface area contributed by atoms with E-state index in [1.54, 1.807) is 0 Å². The van der Waals surface area contributed by atoms with Crippen LogP contribution in [0.5, 0.6) is 0 Å². The highest BCUT2D eigenvalue weighted by Crippen LogP contribution is 2.23. The first-order chi connectivity index (χ1) is 12.3. The van der Waals surface area contributed by atoms with E-state index >= 15 is 0 Å². The minimum Gasteiger partial charge on any atom is -0.480 e. The Morgan fingerprint density at radius 3 is 2.65 bits per heavy atom. The third kappa shape index (κ3) is 3.54. The Labute approximate surface area is 150 Å². The van der Waals surface area contributed by atoms with Crippen LogP contribution in [-0.4, -0.2) is 52.1 Å². The van der Waals surface area contributed by atoms with Crippen LogP contribution >= 0.6 is 0 Å². The predicted octanol–water partition coefficient (Wildman–Crippen LogP) is 0.823. The molecule has 1 aromatic carbocycles. The van der Waals surface area contributed by atoms with Crippen molar-refractivity contribution >= 4 is 27.6 Å². The Morgan fingerprint density at radius 1 is 1.35 bits per heavy atom. The Bertz CT molecular complexity index is 936. The van der Waals surface area contributed by atoms with E-state index in [-0.39, 0.29) is 24.3 Å². The van der Waals surface area contributed by atoms with Gasteiger partial charge in [0.2, 0.25) is 10.0 Å². The Hall–Kier alpha value is -2.88. The fraction of sp³-hybridized carbons (Fsp3) is 0.312. The smallest absolute Gasteiger partial charge is 0.326 e. The number of hydrogen-bond donors (Lipinski definition) is 3. The van der Waals surface area contributed by atoms with Crippen molar-refractivity contribution in [3.8, 4) is 0 Å². The lowest BCUT2D eigenvalue weighted by molar-refractivity contribution is -0.142. The van der Waals surface area contributed by atoms with E-state index in [4.69, 9.17) is 0 Å². The van der Waals surface area contributed by atoms with Crippen LogP contribution in [0.1, 0.15) is 28.7 Å². The summed E-state index contributed by atoms with van der Waals surface area (Å²) in [5.74, 6) is -1.60. The molecule has 26 heavy (non-hydrogen) atoms. The molecule has 3 N–H and O–H groups in total. The number of fused-ring (bicyclic) bond motifs is 1. The number of carbonyl (C=O) groups excluding carboxylic acids is 1. The molecule has 2 aromatic rings. The first kappa shape index (κ1) is 17.9. The molecule has 138 valence electrons. The molecule has 0 fully saturated rings. The minimum atomic E-state index is -3.41. The number of carboxylic acids is 1. The van der Waals surface area contributed by atoms with Crippen molar-refractivity contribution in [3.05, 3.63) is 47.5 Å². The number of rotatable bonds is 5. The van der Waals surface area contributed by atoms with Crippen molar-refractivity contribution in [1.82, 2.24) is 14.9 Å². The molecule has 0 aliphatic carbocycles. The highest BCUT2D eigenvalue weighted by molar-refractivity contribution is 7.92. The number of hydrogen-bond acceptors (Lipinski definition) is 5. The molecule has 1 aliphatic heterocycles. The van der Waals surface area contributed by atoms with E-state index in [0.717, 1.165) is 0 Å². The van der Waals surface area contributed by atoms with Gasteiger partial charge >= 0.3 is 5.97 Å². The minimum absolute atomic E-state index is 0.0612. The fourth-order valence-electron chi connectivity index (χ4n) is 2.77. The zero-order valence-corrected chi connectivity index (χ0v) is 14.8. The Kier molecular flexibility index (Phi) is 4.68. The molecule has 2 heterocycles. The van der Waals surface area contributed by atoms with E-state index in [9.17, 15) is 23.1 Å². The number of H-pyrrole nitrogens is 1. The number of nitrogens with one attached hydrogen (secondary N) is 2. The van der Waals surface area contributed by atoms with Gasteiger partial charge in [-0.1, -0.05) is 0 Å². The van der Waals surface area contributed by atoms with Crippen molar-refractivity contribution in [2.24, 2.45) is 0 Å². The number of carboxylic acid groups (broad SMARTS) is 1. The molecule has 3 rings (SSSR count). The van der Waals surface area contributed by atoms with Crippen LogP contribution in [0.15, 0.2) is 30.6 Å². The summed E-state index contributed by atoms with van der Waals surface area (Å²) >= 11 is 0. The number of imidazole rings is 1. The first-order valence-corrected chi connectivity index (χ1v) is 9.61. The quantitative estimate of drug-likeness (QED) is 0.706. The third-order valence-electron chi connectivity index (χ3n) is 4.23. The summed E-state index contributed by atoms with van der Waals surface area (Å²) in [6.45, 7) is 1.64. The molecule has 1 amide bonds. The maximum absolute atomic E-state index is 12.8. The molecular formula is C16H18N4O5S. The second-order valence-electron chi connectivity index (χ2n) is 5.90. The van der Waals surface area contributed by atoms with Crippen LogP contribution < -0.4 is 4.72 Å². The standard InChI is InChI=1S/C16H18N4O5S/c1-2-26(24,25)19-11-5-3-10(4-6-11)15(21)20-8-13-12(17-9-18-13)7-14(20)16(22)23/h3-6,9,14,19H,2,7-8H2,1H3,(H,17,18)(H,22,23)/t14-/m1/s1. The van der Waals surface area contributed by atoms with Crippen LogP contribution in [0, 0.1) is 0 Å². The summed E-state index contributed by atoms with van der Waals surface area (Å²) in [5, 5.41) is 9.46. The lowest BCUT2D eigenvalue weighted by Gasteiger charge is -2.32. The molecule has 0 radical (unpaired) electrons. The van der Waals surface area contributed by atoms with Crippen LogP contribution in [0.25, 0.3) is 0 Å². The van der Waals surface area contributed by atoms with Gasteiger partial charge in [0.1, 0.15) is 6.04 Å². The predicted molar refractivity (Wildman–Crippen MR) is 93.1 cm³/mol. The maximum Gasteiger partial charge on any atom is 0.326 e. The second kappa shape index (κ2) is 6.79. The largest absolute Gasteiger partial charge is 0.480 e. The number of aromatic nitrogens is 2. The van der Waals surface area contributed by atoms with Crippen LogP contribution in [0.2, 0.25) is 0 Å². The van der Waals surface area contributed by atoms with Gasteiger partial charge in [0.15, 0.2) is 0 Å². The normalized spacial score (nSPS) is 16.8.